The number of aryl methyl sites for hydroxylation is 2. The SMILES string of the molecule is Cc1cc(C)nc(C(C#N)C(=O)C2CCN(C(=O)c3ccc(Br)cc3)CC2)n1. The van der Waals surface area contributed by atoms with Crippen molar-refractivity contribution in [3.8, 4) is 6.07 Å². The van der Waals surface area contributed by atoms with Gasteiger partial charge in [0.05, 0.1) is 6.07 Å². The number of hydrogen-bond donors (Lipinski definition) is 0. The Morgan fingerprint density at radius 2 is 1.71 bits per heavy atom. The van der Waals surface area contributed by atoms with Crippen LogP contribution in [-0.4, -0.2) is 39.6 Å². The van der Waals surface area contributed by atoms with E-state index >= 15 is 0 Å². The molecule has 0 radical (unpaired) electrons. The molecule has 28 heavy (non-hydrogen) atoms. The van der Waals surface area contributed by atoms with Crippen LogP contribution in [0.3, 0.4) is 0 Å². The van der Waals surface area contributed by atoms with Gasteiger partial charge in [0.15, 0.2) is 17.5 Å². The Morgan fingerprint density at radius 3 is 2.25 bits per heavy atom. The van der Waals surface area contributed by atoms with E-state index in [0.717, 1.165) is 15.9 Å². The van der Waals surface area contributed by atoms with E-state index in [1.807, 2.05) is 32.0 Å². The summed E-state index contributed by atoms with van der Waals surface area (Å²) in [5.74, 6) is -1.13. The normalized spacial score (nSPS) is 15.7. The van der Waals surface area contributed by atoms with Gasteiger partial charge in [-0.25, -0.2) is 9.97 Å². The Hall–Kier alpha value is -2.59. The molecule has 1 aromatic heterocycles. The molecule has 2 heterocycles. The highest BCUT2D eigenvalue weighted by Crippen LogP contribution is 2.26. The van der Waals surface area contributed by atoms with Crippen LogP contribution in [-0.2, 0) is 4.79 Å². The third-order valence-corrected chi connectivity index (χ3v) is 5.48. The quantitative estimate of drug-likeness (QED) is 0.724. The van der Waals surface area contributed by atoms with Gasteiger partial charge in [-0.15, -0.1) is 0 Å². The van der Waals surface area contributed by atoms with Crippen LogP contribution in [0.25, 0.3) is 0 Å². The molecule has 0 saturated carbocycles. The highest BCUT2D eigenvalue weighted by Gasteiger charge is 2.34. The summed E-state index contributed by atoms with van der Waals surface area (Å²) < 4.78 is 0.921. The maximum absolute atomic E-state index is 12.9. The fraction of sp³-hybridized carbons (Fsp3) is 0.381. The molecular formula is C21H21BrN4O2. The third-order valence-electron chi connectivity index (χ3n) is 4.95. The number of halogens is 1. The van der Waals surface area contributed by atoms with Crippen LogP contribution in [0.2, 0.25) is 0 Å². The molecule has 1 amide bonds. The van der Waals surface area contributed by atoms with Gasteiger partial charge in [-0.05, 0) is 57.0 Å². The van der Waals surface area contributed by atoms with Crippen molar-refractivity contribution in [1.82, 2.24) is 14.9 Å². The number of Topliss-reactive ketones (excluding diaryl/α,β-unsaturated/α-hetero) is 1. The lowest BCUT2D eigenvalue weighted by Gasteiger charge is -2.32. The van der Waals surface area contributed by atoms with Gasteiger partial charge < -0.3 is 4.90 Å². The number of amides is 1. The van der Waals surface area contributed by atoms with E-state index < -0.39 is 5.92 Å². The summed E-state index contributed by atoms with van der Waals surface area (Å²) in [4.78, 5) is 35.9. The maximum atomic E-state index is 12.9. The maximum Gasteiger partial charge on any atom is 0.253 e. The highest BCUT2D eigenvalue weighted by atomic mass is 79.9. The average Bonchev–Trinajstić information content (AvgIpc) is 2.68. The van der Waals surface area contributed by atoms with Crippen molar-refractivity contribution < 1.29 is 9.59 Å². The van der Waals surface area contributed by atoms with Crippen molar-refractivity contribution in [1.29, 1.82) is 5.26 Å². The molecule has 7 heteroatoms. The number of aromatic nitrogens is 2. The zero-order valence-electron chi connectivity index (χ0n) is 15.9. The Kier molecular flexibility index (Phi) is 6.20. The molecule has 1 unspecified atom stereocenters. The summed E-state index contributed by atoms with van der Waals surface area (Å²) in [6.07, 6.45) is 1.09. The summed E-state index contributed by atoms with van der Waals surface area (Å²) >= 11 is 3.36. The minimum atomic E-state index is -0.961. The van der Waals surface area contributed by atoms with Gasteiger partial charge in [0.25, 0.3) is 5.91 Å². The van der Waals surface area contributed by atoms with Crippen LogP contribution in [0, 0.1) is 31.1 Å². The van der Waals surface area contributed by atoms with Crippen molar-refractivity contribution >= 4 is 27.6 Å². The van der Waals surface area contributed by atoms with E-state index in [9.17, 15) is 14.9 Å². The van der Waals surface area contributed by atoms with Crippen LogP contribution in [0.5, 0.6) is 0 Å². The molecular weight excluding hydrogens is 420 g/mol. The standard InChI is InChI=1S/C21H21BrN4O2/c1-13-11-14(2)25-20(24-13)18(12-23)19(27)15-7-9-26(10-8-15)21(28)16-3-5-17(22)6-4-16/h3-6,11,15,18H,7-10H2,1-2H3. The lowest BCUT2D eigenvalue weighted by atomic mass is 9.85. The molecule has 144 valence electrons. The summed E-state index contributed by atoms with van der Waals surface area (Å²) in [6, 6.07) is 11.1. The minimum absolute atomic E-state index is 0.0344. The zero-order valence-corrected chi connectivity index (χ0v) is 17.4. The first-order chi connectivity index (χ1) is 13.4. The predicted molar refractivity (Wildman–Crippen MR) is 108 cm³/mol. The van der Waals surface area contributed by atoms with E-state index in [2.05, 4.69) is 32.0 Å². The van der Waals surface area contributed by atoms with Crippen molar-refractivity contribution in [3.05, 3.63) is 57.6 Å². The topological polar surface area (TPSA) is 87.0 Å². The Balaban J connectivity index is 1.66. The first-order valence-corrected chi connectivity index (χ1v) is 9.98. The predicted octanol–water partition coefficient (Wildman–Crippen LogP) is 3.58. The fourth-order valence-corrected chi connectivity index (χ4v) is 3.77. The van der Waals surface area contributed by atoms with Crippen LogP contribution in [0.15, 0.2) is 34.8 Å². The van der Waals surface area contributed by atoms with Gasteiger partial charge in [-0.1, -0.05) is 15.9 Å². The van der Waals surface area contributed by atoms with Crippen molar-refractivity contribution in [2.45, 2.75) is 32.6 Å². The summed E-state index contributed by atoms with van der Waals surface area (Å²) in [7, 11) is 0. The molecule has 1 aliphatic rings. The van der Waals surface area contributed by atoms with Crippen LogP contribution in [0.4, 0.5) is 0 Å². The third kappa shape index (κ3) is 4.45. The molecule has 1 fully saturated rings. The first-order valence-electron chi connectivity index (χ1n) is 9.19. The molecule has 6 nitrogen and oxygen atoms in total. The van der Waals surface area contributed by atoms with Crippen LogP contribution < -0.4 is 0 Å². The van der Waals surface area contributed by atoms with Gasteiger partial charge in [-0.2, -0.15) is 5.26 Å². The van der Waals surface area contributed by atoms with Crippen molar-refractivity contribution in [2.75, 3.05) is 13.1 Å². The number of carbonyl (C=O) groups excluding carboxylic acids is 2. The molecule has 0 aliphatic carbocycles. The summed E-state index contributed by atoms with van der Waals surface area (Å²) in [6.45, 7) is 4.64. The molecule has 0 bridgehead atoms. The molecule has 2 aromatic rings. The zero-order chi connectivity index (χ0) is 20.3. The highest BCUT2D eigenvalue weighted by molar-refractivity contribution is 9.10. The molecule has 1 saturated heterocycles. The largest absolute Gasteiger partial charge is 0.339 e. The minimum Gasteiger partial charge on any atom is -0.339 e. The van der Waals surface area contributed by atoms with E-state index in [1.165, 1.54) is 0 Å². The fourth-order valence-electron chi connectivity index (χ4n) is 3.51. The van der Waals surface area contributed by atoms with E-state index in [1.54, 1.807) is 17.0 Å². The molecule has 1 aliphatic heterocycles. The number of nitriles is 1. The van der Waals surface area contributed by atoms with E-state index in [-0.39, 0.29) is 23.4 Å². The number of piperidine rings is 1. The van der Waals surface area contributed by atoms with Gasteiger partial charge in [0, 0.05) is 40.4 Å². The van der Waals surface area contributed by atoms with Crippen molar-refractivity contribution in [3.63, 3.8) is 0 Å². The van der Waals surface area contributed by atoms with Gasteiger partial charge in [0.2, 0.25) is 0 Å². The van der Waals surface area contributed by atoms with E-state index in [4.69, 9.17) is 0 Å². The van der Waals surface area contributed by atoms with Crippen LogP contribution in [0.1, 0.15) is 46.3 Å². The molecule has 3 rings (SSSR count). The number of benzene rings is 1. The first kappa shape index (κ1) is 20.2. The molecule has 1 aromatic carbocycles. The van der Waals surface area contributed by atoms with Crippen molar-refractivity contribution in [2.24, 2.45) is 5.92 Å². The average molecular weight is 441 g/mol. The van der Waals surface area contributed by atoms with Crippen LogP contribution >= 0.6 is 15.9 Å². The lowest BCUT2D eigenvalue weighted by molar-refractivity contribution is -0.124. The Morgan fingerprint density at radius 1 is 1.14 bits per heavy atom. The van der Waals surface area contributed by atoms with Gasteiger partial charge in [0.1, 0.15) is 0 Å². The van der Waals surface area contributed by atoms with Gasteiger partial charge >= 0.3 is 0 Å². The second-order valence-corrected chi connectivity index (χ2v) is 7.96. The lowest BCUT2D eigenvalue weighted by Crippen LogP contribution is -2.41. The number of carbonyl (C=O) groups is 2. The molecule has 0 spiro atoms. The second-order valence-electron chi connectivity index (χ2n) is 7.05. The summed E-state index contributed by atoms with van der Waals surface area (Å²) in [5, 5.41) is 9.55. The molecule has 1 atom stereocenters. The number of hydrogen-bond acceptors (Lipinski definition) is 5. The monoisotopic (exact) mass is 440 g/mol. The Bertz CT molecular complexity index is 908. The summed E-state index contributed by atoms with van der Waals surface area (Å²) in [5.41, 5.74) is 2.11. The van der Waals surface area contributed by atoms with Gasteiger partial charge in [-0.3, -0.25) is 9.59 Å². The Labute approximate surface area is 172 Å². The molecule has 0 N–H and O–H groups in total. The van der Waals surface area contributed by atoms with E-state index in [0.29, 0.717) is 31.5 Å². The number of nitrogens with zero attached hydrogens (tertiary/aromatic N) is 4. The number of rotatable bonds is 4. The second kappa shape index (κ2) is 8.61. The number of ketones is 1. The smallest absolute Gasteiger partial charge is 0.253 e. The number of likely N-dealkylation sites (tertiary alicyclic amines) is 1.